The zero-order valence-electron chi connectivity index (χ0n) is 9.00. The summed E-state index contributed by atoms with van der Waals surface area (Å²) in [5.74, 6) is -1.43. The number of aliphatic carboxylic acids is 1. The molecular formula is C9H18N2O3. The van der Waals surface area contributed by atoms with Gasteiger partial charge in [-0.15, -0.1) is 0 Å². The summed E-state index contributed by atoms with van der Waals surface area (Å²) in [5.41, 5.74) is 0. The van der Waals surface area contributed by atoms with Gasteiger partial charge in [-0.2, -0.15) is 0 Å². The molecule has 0 fully saturated rings. The van der Waals surface area contributed by atoms with E-state index < -0.39 is 12.0 Å². The van der Waals surface area contributed by atoms with E-state index in [0.717, 1.165) is 0 Å². The Balaban J connectivity index is 4.31. The van der Waals surface area contributed by atoms with Crippen molar-refractivity contribution in [3.8, 4) is 0 Å². The van der Waals surface area contributed by atoms with Crippen LogP contribution < -0.4 is 10.6 Å². The van der Waals surface area contributed by atoms with Gasteiger partial charge in [0.1, 0.15) is 6.04 Å². The van der Waals surface area contributed by atoms with E-state index in [1.165, 1.54) is 0 Å². The largest absolute Gasteiger partial charge is 0.480 e. The first-order valence-corrected chi connectivity index (χ1v) is 4.60. The molecule has 0 saturated carbocycles. The lowest BCUT2D eigenvalue weighted by Gasteiger charge is -2.20. The van der Waals surface area contributed by atoms with E-state index in [1.54, 1.807) is 27.8 Å². The molecule has 3 N–H and O–H groups in total. The number of likely N-dealkylation sites (N-methyl/N-ethyl adjacent to an activating group) is 1. The summed E-state index contributed by atoms with van der Waals surface area (Å²) in [5, 5.41) is 14.0. The molecule has 0 aromatic heterocycles. The number of carboxylic acid groups (broad SMARTS) is 1. The van der Waals surface area contributed by atoms with Gasteiger partial charge in [-0.1, -0.05) is 13.8 Å². The van der Waals surface area contributed by atoms with Crippen LogP contribution in [-0.2, 0) is 9.59 Å². The lowest BCUT2D eigenvalue weighted by atomic mass is 10.0. The normalized spacial score (nSPS) is 14.9. The Morgan fingerprint density at radius 1 is 1.21 bits per heavy atom. The average molecular weight is 202 g/mol. The fourth-order valence-electron chi connectivity index (χ4n) is 0.923. The van der Waals surface area contributed by atoms with E-state index in [2.05, 4.69) is 10.6 Å². The molecule has 82 valence electrons. The van der Waals surface area contributed by atoms with E-state index in [0.29, 0.717) is 0 Å². The molecule has 0 unspecified atom stereocenters. The quantitative estimate of drug-likeness (QED) is 0.578. The highest BCUT2D eigenvalue weighted by Gasteiger charge is 2.24. The van der Waals surface area contributed by atoms with Gasteiger partial charge in [-0.3, -0.25) is 4.79 Å². The predicted molar refractivity (Wildman–Crippen MR) is 52.9 cm³/mol. The molecule has 0 bridgehead atoms. The van der Waals surface area contributed by atoms with Crippen molar-refractivity contribution in [1.82, 2.24) is 10.6 Å². The third kappa shape index (κ3) is 3.74. The molecule has 0 spiro atoms. The Morgan fingerprint density at radius 2 is 1.71 bits per heavy atom. The van der Waals surface area contributed by atoms with Gasteiger partial charge in [-0.25, -0.2) is 4.79 Å². The second-order valence-corrected chi connectivity index (χ2v) is 3.58. The zero-order chi connectivity index (χ0) is 11.3. The maximum Gasteiger partial charge on any atom is 0.326 e. The zero-order valence-corrected chi connectivity index (χ0v) is 9.00. The molecule has 0 aliphatic rings. The molecule has 0 saturated heterocycles. The minimum absolute atomic E-state index is 0.125. The Hall–Kier alpha value is -1.10. The highest BCUT2D eigenvalue weighted by Crippen LogP contribution is 2.01. The summed E-state index contributed by atoms with van der Waals surface area (Å²) < 4.78 is 0. The van der Waals surface area contributed by atoms with Gasteiger partial charge in [0.2, 0.25) is 5.91 Å². The van der Waals surface area contributed by atoms with E-state index in [1.807, 2.05) is 0 Å². The average Bonchev–Trinajstić information content (AvgIpc) is 2.11. The first-order valence-electron chi connectivity index (χ1n) is 4.60. The number of carbonyl (C=O) groups excluding carboxylic acids is 1. The number of hydrogen-bond acceptors (Lipinski definition) is 3. The van der Waals surface area contributed by atoms with Crippen LogP contribution >= 0.6 is 0 Å². The summed E-state index contributed by atoms with van der Waals surface area (Å²) in [7, 11) is 1.65. The fourth-order valence-corrected chi connectivity index (χ4v) is 0.923. The topological polar surface area (TPSA) is 78.4 Å². The maximum absolute atomic E-state index is 11.4. The van der Waals surface area contributed by atoms with Crippen LogP contribution in [0.1, 0.15) is 20.8 Å². The van der Waals surface area contributed by atoms with Crippen LogP contribution in [-0.4, -0.2) is 36.1 Å². The van der Waals surface area contributed by atoms with E-state index in [4.69, 9.17) is 5.11 Å². The molecule has 0 heterocycles. The van der Waals surface area contributed by atoms with Crippen LogP contribution in [0, 0.1) is 5.92 Å². The van der Waals surface area contributed by atoms with Crippen LogP contribution in [0.2, 0.25) is 0 Å². The van der Waals surface area contributed by atoms with Gasteiger partial charge < -0.3 is 15.7 Å². The van der Waals surface area contributed by atoms with E-state index in [9.17, 15) is 9.59 Å². The lowest BCUT2D eigenvalue weighted by molar-refractivity contribution is -0.143. The molecular weight excluding hydrogens is 184 g/mol. The number of rotatable bonds is 5. The van der Waals surface area contributed by atoms with Crippen molar-refractivity contribution in [2.45, 2.75) is 32.9 Å². The van der Waals surface area contributed by atoms with Crippen LogP contribution in [0.25, 0.3) is 0 Å². The van der Waals surface area contributed by atoms with Gasteiger partial charge in [0.05, 0.1) is 6.04 Å². The summed E-state index contributed by atoms with van der Waals surface area (Å²) >= 11 is 0. The molecule has 0 aromatic rings. The number of carbonyl (C=O) groups is 2. The minimum atomic E-state index is -1.00. The Morgan fingerprint density at radius 3 is 2.00 bits per heavy atom. The lowest BCUT2D eigenvalue weighted by Crippen LogP contribution is -2.50. The molecule has 0 aliphatic heterocycles. The first kappa shape index (κ1) is 12.9. The van der Waals surface area contributed by atoms with Crippen molar-refractivity contribution in [2.75, 3.05) is 7.05 Å². The van der Waals surface area contributed by atoms with Crippen LogP contribution in [0.3, 0.4) is 0 Å². The molecule has 14 heavy (non-hydrogen) atoms. The Bertz CT molecular complexity index is 216. The minimum Gasteiger partial charge on any atom is -0.480 e. The van der Waals surface area contributed by atoms with Crippen molar-refractivity contribution < 1.29 is 14.7 Å². The summed E-state index contributed by atoms with van der Waals surface area (Å²) in [4.78, 5) is 22.1. The van der Waals surface area contributed by atoms with Crippen molar-refractivity contribution in [3.05, 3.63) is 0 Å². The van der Waals surface area contributed by atoms with Crippen molar-refractivity contribution in [2.24, 2.45) is 5.92 Å². The summed E-state index contributed by atoms with van der Waals surface area (Å²) in [6.07, 6.45) is 0. The third-order valence-corrected chi connectivity index (χ3v) is 2.06. The molecule has 0 aliphatic carbocycles. The first-order chi connectivity index (χ1) is 6.40. The molecule has 1 amide bonds. The summed E-state index contributed by atoms with van der Waals surface area (Å²) in [6.45, 7) is 5.18. The van der Waals surface area contributed by atoms with Gasteiger partial charge >= 0.3 is 5.97 Å². The van der Waals surface area contributed by atoms with E-state index >= 15 is 0 Å². The highest BCUT2D eigenvalue weighted by atomic mass is 16.4. The standard InChI is InChI=1S/C9H18N2O3/c1-5(2)7(9(13)14)11-8(12)6(3)10-4/h5-7,10H,1-4H3,(H,11,12)(H,13,14)/t6-,7-/m0/s1. The number of carboxylic acids is 1. The monoisotopic (exact) mass is 202 g/mol. The Kier molecular flexibility index (Phi) is 5.15. The van der Waals surface area contributed by atoms with E-state index in [-0.39, 0.29) is 17.9 Å². The molecule has 0 aromatic carbocycles. The van der Waals surface area contributed by atoms with Gasteiger partial charge in [0, 0.05) is 0 Å². The maximum atomic E-state index is 11.4. The molecule has 2 atom stereocenters. The highest BCUT2D eigenvalue weighted by molar-refractivity contribution is 5.86. The molecule has 0 radical (unpaired) electrons. The number of amides is 1. The number of hydrogen-bond donors (Lipinski definition) is 3. The van der Waals surface area contributed by atoms with Crippen LogP contribution in [0.15, 0.2) is 0 Å². The Labute approximate surface area is 83.9 Å². The molecule has 0 rings (SSSR count). The summed E-state index contributed by atoms with van der Waals surface area (Å²) in [6, 6.07) is -1.20. The third-order valence-electron chi connectivity index (χ3n) is 2.06. The molecule has 5 nitrogen and oxygen atoms in total. The van der Waals surface area contributed by atoms with Crippen molar-refractivity contribution in [3.63, 3.8) is 0 Å². The second kappa shape index (κ2) is 5.59. The predicted octanol–water partition coefficient (Wildman–Crippen LogP) is -0.180. The van der Waals surface area contributed by atoms with Gasteiger partial charge in [-0.05, 0) is 19.9 Å². The number of nitrogens with one attached hydrogen (secondary N) is 2. The van der Waals surface area contributed by atoms with Gasteiger partial charge in [0.15, 0.2) is 0 Å². The van der Waals surface area contributed by atoms with Crippen LogP contribution in [0.5, 0.6) is 0 Å². The van der Waals surface area contributed by atoms with Crippen molar-refractivity contribution >= 4 is 11.9 Å². The SMILES string of the molecule is CN[C@@H](C)C(=O)N[C@H](C(=O)O)C(C)C. The molecule has 5 heteroatoms. The smallest absolute Gasteiger partial charge is 0.326 e. The van der Waals surface area contributed by atoms with Crippen LogP contribution in [0.4, 0.5) is 0 Å². The van der Waals surface area contributed by atoms with Crippen molar-refractivity contribution in [1.29, 1.82) is 0 Å². The van der Waals surface area contributed by atoms with Gasteiger partial charge in [0.25, 0.3) is 0 Å². The second-order valence-electron chi connectivity index (χ2n) is 3.58. The fraction of sp³-hybridized carbons (Fsp3) is 0.778.